The Bertz CT molecular complexity index is 4580. The highest BCUT2D eigenvalue weighted by molar-refractivity contribution is 7.99. The highest BCUT2D eigenvalue weighted by atomic mass is 32.2. The minimum atomic E-state index is -0.861. The minimum Gasteiger partial charge on any atom is -0.481 e. The number of aliphatic hydroxyl groups is 1. The molecule has 5 heterocycles. The zero-order chi connectivity index (χ0) is 74.0. The molecule has 5 aliphatic heterocycles. The first-order valence-electron chi connectivity index (χ1n) is 33.0. The molecule has 10 aromatic rings. The molecule has 0 amide bonds. The first-order chi connectivity index (χ1) is 51.7. The van der Waals surface area contributed by atoms with Crippen LogP contribution in [0.4, 0.5) is 9.15 Å². The molecular formula is C86H86F2O16S4. The van der Waals surface area contributed by atoms with Crippen LogP contribution in [0.1, 0.15) is 98.7 Å². The van der Waals surface area contributed by atoms with Crippen molar-refractivity contribution >= 4 is 80.9 Å². The van der Waals surface area contributed by atoms with Gasteiger partial charge in [0.2, 0.25) is 0 Å². The number of aliphatic hydroxyl groups excluding tert-OH is 1. The van der Waals surface area contributed by atoms with Gasteiger partial charge in [-0.05, 0) is 100.0 Å². The summed E-state index contributed by atoms with van der Waals surface area (Å²) in [5.41, 5.74) is 10.3. The third kappa shape index (κ3) is 24.3. The first-order valence-corrected chi connectivity index (χ1v) is 37.9. The number of carboxylic acids is 1. The van der Waals surface area contributed by atoms with Crippen LogP contribution in [0, 0.1) is 9.93 Å². The fraction of sp³-hybridized carbons (Fsp3) is 0.174. The number of carboxylic acid groups (broad SMARTS) is 1. The zero-order valence-electron chi connectivity index (χ0n) is 57.3. The first kappa shape index (κ1) is 85.9. The number of ether oxygens (including phenoxy) is 10. The van der Waals surface area contributed by atoms with Crippen LogP contribution in [0.2, 0.25) is 0 Å². The van der Waals surface area contributed by atoms with Crippen LogP contribution in [-0.2, 0) is 45.2 Å². The largest absolute Gasteiger partial charge is 0.481 e. The van der Waals surface area contributed by atoms with Crippen molar-refractivity contribution in [1.82, 2.24) is 0 Å². The van der Waals surface area contributed by atoms with Crippen LogP contribution < -0.4 is 47.4 Å². The maximum absolute atomic E-state index is 11.8. The van der Waals surface area contributed by atoms with Gasteiger partial charge in [-0.1, -0.05) is 225 Å². The molecule has 22 heteroatoms. The predicted molar refractivity (Wildman–Crippen MR) is 436 cm³/mol. The molecule has 1 unspecified atom stereocenters. The summed E-state index contributed by atoms with van der Waals surface area (Å²) in [6.07, 6.45) is 8.14. The number of thioether (sulfide) groups is 3. The molecule has 0 saturated heterocycles. The van der Waals surface area contributed by atoms with Gasteiger partial charge in [0.1, 0.15) is 31.3 Å². The second kappa shape index (κ2) is 46.2. The SMILES string of the molecule is C.C.C.CCS(=O)Cc1ccccc1C1=COc2ccccc2O1.CCSCc1ccccc1C1=COc2ccccc2O1.CCSCc1ccccc1C1=COc2ccccc2O1.FF.O=C(O)CSCc1ccccc1C1=COc2ccccc2O1.O=O.OCc1ccccc1C1=COc2ccccc2O1. The highest BCUT2D eigenvalue weighted by Crippen LogP contribution is 2.41. The van der Waals surface area contributed by atoms with Gasteiger partial charge in [0, 0.05) is 86.5 Å². The fourth-order valence-corrected chi connectivity index (χ4v) is 13.3. The molecule has 2 N–H and O–H groups in total. The monoisotopic (exact) mass is 1540 g/mol. The minimum absolute atomic E-state index is 0. The lowest BCUT2D eigenvalue weighted by atomic mass is 10.1. The van der Waals surface area contributed by atoms with Crippen LogP contribution in [0.15, 0.2) is 274 Å². The van der Waals surface area contributed by atoms with Gasteiger partial charge in [-0.2, -0.15) is 23.5 Å². The number of rotatable bonds is 19. The van der Waals surface area contributed by atoms with E-state index < -0.39 is 16.8 Å². The molecule has 16 nitrogen and oxygen atoms in total. The molecule has 0 aromatic heterocycles. The molecule has 0 bridgehead atoms. The Morgan fingerprint density at radius 1 is 0.343 bits per heavy atom. The van der Waals surface area contributed by atoms with E-state index in [1.807, 2.05) is 237 Å². The number of aliphatic carboxylic acids is 1. The highest BCUT2D eigenvalue weighted by Gasteiger charge is 2.23. The third-order valence-corrected chi connectivity index (χ3v) is 19.5. The quantitative estimate of drug-likeness (QED) is 0.0773. The van der Waals surface area contributed by atoms with Crippen molar-refractivity contribution in [2.45, 2.75) is 72.7 Å². The fourth-order valence-electron chi connectivity index (χ4n) is 10.4. The van der Waals surface area contributed by atoms with E-state index >= 15 is 0 Å². The Morgan fingerprint density at radius 2 is 0.565 bits per heavy atom. The van der Waals surface area contributed by atoms with Gasteiger partial charge in [-0.3, -0.25) is 9.00 Å². The van der Waals surface area contributed by atoms with E-state index in [0.717, 1.165) is 102 Å². The summed E-state index contributed by atoms with van der Waals surface area (Å²) >= 11 is 5.16. The molecule has 0 radical (unpaired) electrons. The summed E-state index contributed by atoms with van der Waals surface area (Å²) in [5.74, 6) is 15.8. The lowest BCUT2D eigenvalue weighted by Crippen LogP contribution is -2.08. The van der Waals surface area contributed by atoms with E-state index in [1.165, 1.54) is 22.9 Å². The summed E-state index contributed by atoms with van der Waals surface area (Å²) in [6.45, 7) is 6.24. The molecule has 5 aliphatic rings. The van der Waals surface area contributed by atoms with Crippen LogP contribution in [0.3, 0.4) is 0 Å². The molecule has 564 valence electrons. The number of hydrogen-bond donors (Lipinski definition) is 2. The van der Waals surface area contributed by atoms with Gasteiger partial charge in [0.15, 0.2) is 86.3 Å². The molecule has 10 aromatic carbocycles. The number of carbonyl (C=O) groups is 1. The second-order valence-electron chi connectivity index (χ2n) is 22.2. The average Bonchev–Trinajstić information content (AvgIpc) is 0.839. The number of halogens is 2. The molecule has 0 spiro atoms. The Kier molecular flexibility index (Phi) is 36.7. The van der Waals surface area contributed by atoms with E-state index in [-0.39, 0.29) is 34.6 Å². The Morgan fingerprint density at radius 3 is 0.824 bits per heavy atom. The summed E-state index contributed by atoms with van der Waals surface area (Å²) in [5, 5.41) is 18.1. The lowest BCUT2D eigenvalue weighted by Gasteiger charge is -2.19. The zero-order valence-corrected chi connectivity index (χ0v) is 60.6. The molecule has 1 atom stereocenters. The van der Waals surface area contributed by atoms with Crippen molar-refractivity contribution in [2.75, 3.05) is 23.0 Å². The summed E-state index contributed by atoms with van der Waals surface area (Å²) in [6, 6.07) is 77.7. The summed E-state index contributed by atoms with van der Waals surface area (Å²) in [7, 11) is -0.861. The van der Waals surface area contributed by atoms with Crippen LogP contribution in [0.5, 0.6) is 57.5 Å². The molecule has 108 heavy (non-hydrogen) atoms. The van der Waals surface area contributed by atoms with Crippen LogP contribution in [-0.4, -0.2) is 43.4 Å². The average molecular weight is 1540 g/mol. The molecule has 0 fully saturated rings. The maximum atomic E-state index is 11.8. The number of benzene rings is 10. The van der Waals surface area contributed by atoms with Crippen LogP contribution in [0.25, 0.3) is 28.8 Å². The summed E-state index contributed by atoms with van der Waals surface area (Å²) < 4.78 is 85.4. The van der Waals surface area contributed by atoms with Crippen molar-refractivity contribution in [1.29, 1.82) is 0 Å². The summed E-state index contributed by atoms with van der Waals surface area (Å²) in [4.78, 5) is 24.6. The maximum Gasteiger partial charge on any atom is 0.313 e. The number of hydrogen-bond acceptors (Lipinski definition) is 18. The van der Waals surface area contributed by atoms with Crippen molar-refractivity contribution in [2.24, 2.45) is 0 Å². The predicted octanol–water partition coefficient (Wildman–Crippen LogP) is 22.7. The van der Waals surface area contributed by atoms with Gasteiger partial charge in [0.25, 0.3) is 0 Å². The van der Waals surface area contributed by atoms with Crippen molar-refractivity contribution < 1.29 is 75.7 Å². The van der Waals surface area contributed by atoms with E-state index in [4.69, 9.17) is 71.6 Å². The van der Waals surface area contributed by atoms with Gasteiger partial charge in [-0.15, -0.1) is 11.8 Å². The van der Waals surface area contributed by atoms with Crippen molar-refractivity contribution in [3.05, 3.63) is 340 Å². The molecule has 0 aliphatic carbocycles. The van der Waals surface area contributed by atoms with E-state index in [9.17, 15) is 14.1 Å². The van der Waals surface area contributed by atoms with E-state index in [0.29, 0.717) is 69.0 Å². The Balaban J connectivity index is 0.000000207. The van der Waals surface area contributed by atoms with Gasteiger partial charge >= 0.3 is 5.97 Å². The van der Waals surface area contributed by atoms with Gasteiger partial charge in [0.05, 0.1) is 12.4 Å². The lowest BCUT2D eigenvalue weighted by molar-refractivity contribution is -0.133. The third-order valence-electron chi connectivity index (χ3n) is 15.4. The molecular weight excluding hydrogens is 1460 g/mol. The topological polar surface area (TPSA) is 201 Å². The van der Waals surface area contributed by atoms with Crippen molar-refractivity contribution in [3.8, 4) is 57.5 Å². The smallest absolute Gasteiger partial charge is 0.313 e. The molecule has 15 rings (SSSR count). The van der Waals surface area contributed by atoms with Gasteiger partial charge in [-0.25, -0.2) is 0 Å². The number of fused-ring (bicyclic) bond motifs is 5. The Labute approximate surface area is 645 Å². The Hall–Kier alpha value is -11.0. The molecule has 0 saturated carbocycles. The number of para-hydroxylation sites is 10. The van der Waals surface area contributed by atoms with E-state index in [2.05, 4.69) is 50.2 Å². The van der Waals surface area contributed by atoms with Crippen LogP contribution >= 0.6 is 35.3 Å². The normalized spacial score (nSPS) is 12.4. The standard InChI is InChI=1S/C17H14O4S.C17H16O3S.2C17H16O2S.C15H12O3.3CH4.F2.O2/c18-17(19)11-22-10-12-5-1-2-6-13(12)16-9-20-14-7-3-4-8-15(14)21-16;1-2-21(18)12-13-7-3-4-8-14(13)17-11-19-15-9-5-6-10-16(15)20-17;2*1-2-20-12-13-7-3-4-8-14(13)17-11-18-15-9-5-6-10-16(15)19-17;16-9-11-5-1-2-6-12(11)15-10-17-13-7-3-4-8-14(13)18-15;;;;2*1-2/h1-9H,10-11H2,(H,18,19);3-11H,2,12H2,1H3;2*3-11H,2,12H2,1H3;1-8,10,16H,9H2;3*1H4;;. The van der Waals surface area contributed by atoms with Gasteiger partial charge < -0.3 is 57.6 Å². The van der Waals surface area contributed by atoms with Crippen molar-refractivity contribution in [3.63, 3.8) is 0 Å². The van der Waals surface area contributed by atoms with E-state index in [1.54, 1.807) is 31.3 Å². The second-order valence-corrected chi connectivity index (χ2v) is 27.5.